The molecule has 194 valence electrons. The first-order valence-corrected chi connectivity index (χ1v) is 13.3. The van der Waals surface area contributed by atoms with Crippen molar-refractivity contribution in [1.82, 2.24) is 9.55 Å². The van der Waals surface area contributed by atoms with Gasteiger partial charge < -0.3 is 34.5 Å². The van der Waals surface area contributed by atoms with E-state index in [1.54, 1.807) is 0 Å². The summed E-state index contributed by atoms with van der Waals surface area (Å²) in [5.74, 6) is 0. The predicted octanol–water partition coefficient (Wildman–Crippen LogP) is -1.21. The van der Waals surface area contributed by atoms with Crippen molar-refractivity contribution in [3.05, 3.63) is 45.8 Å². The number of halogens is 1. The van der Waals surface area contributed by atoms with Crippen molar-refractivity contribution in [2.75, 3.05) is 13.3 Å². The van der Waals surface area contributed by atoms with Crippen LogP contribution in [0.25, 0.3) is 0 Å². The molecule has 0 spiro atoms. The lowest BCUT2D eigenvalue weighted by atomic mass is 9.84. The smallest absolute Gasteiger partial charge is 0.387 e. The molecule has 0 bridgehead atoms. The van der Waals surface area contributed by atoms with Gasteiger partial charge in [-0.1, -0.05) is 6.08 Å². The van der Waals surface area contributed by atoms with Gasteiger partial charge in [-0.25, -0.2) is 22.9 Å². The van der Waals surface area contributed by atoms with Gasteiger partial charge in [0.05, 0.1) is 6.61 Å². The summed E-state index contributed by atoms with van der Waals surface area (Å²) in [6.45, 7) is 0.151. The van der Waals surface area contributed by atoms with Crippen molar-refractivity contribution in [2.45, 2.75) is 30.0 Å². The molecule has 1 aliphatic rings. The fraction of sp³-hybridized carbons (Fsp3) is 0.538. The summed E-state index contributed by atoms with van der Waals surface area (Å²) < 4.78 is 65.5. The van der Waals surface area contributed by atoms with Gasteiger partial charge in [-0.05, 0) is 0 Å². The van der Waals surface area contributed by atoms with Crippen molar-refractivity contribution in [3.8, 4) is 0 Å². The molecule has 7 N–H and O–H groups in total. The van der Waals surface area contributed by atoms with Crippen LogP contribution in [0.2, 0.25) is 0 Å². The highest BCUT2D eigenvalue weighted by atomic mass is 31.3. The van der Waals surface area contributed by atoms with E-state index in [0.29, 0.717) is 4.57 Å². The molecule has 34 heavy (non-hydrogen) atoms. The molecule has 2 rings (SSSR count). The molecule has 2 heterocycles. The average Bonchev–Trinajstić information content (AvgIpc) is 2.86. The van der Waals surface area contributed by atoms with Crippen LogP contribution in [0.15, 0.2) is 34.5 Å². The fourth-order valence-electron chi connectivity index (χ4n) is 3.08. The summed E-state index contributed by atoms with van der Waals surface area (Å²) in [5, 5.41) is 21.7. The van der Waals surface area contributed by atoms with Crippen LogP contribution in [0.4, 0.5) is 4.39 Å². The molecule has 1 aliphatic heterocycles. The van der Waals surface area contributed by atoms with Gasteiger partial charge in [-0.2, -0.15) is 8.62 Å². The Morgan fingerprint density at radius 1 is 1.21 bits per heavy atom. The molecule has 0 saturated carbocycles. The lowest BCUT2D eigenvalue weighted by Crippen LogP contribution is -2.54. The number of rotatable bonds is 11. The number of nitrogens with zero attached hydrogens (tertiary/aromatic N) is 1. The second-order valence-electron chi connectivity index (χ2n) is 6.94. The van der Waals surface area contributed by atoms with Gasteiger partial charge >= 0.3 is 29.2 Å². The van der Waals surface area contributed by atoms with E-state index in [0.717, 1.165) is 18.3 Å². The Kier molecular flexibility index (Phi) is 8.45. The molecule has 6 atom stereocenters. The summed E-state index contributed by atoms with van der Waals surface area (Å²) >= 11 is 0. The Bertz CT molecular complexity index is 1180. The largest absolute Gasteiger partial charge is 0.490 e. The Hall–Kier alpha value is -1.36. The third-order valence-corrected chi connectivity index (χ3v) is 8.22. The number of hydrogen-bond donors (Lipinski definition) is 7. The molecule has 0 aliphatic carbocycles. The highest BCUT2D eigenvalue weighted by Gasteiger charge is 2.64. The van der Waals surface area contributed by atoms with E-state index in [1.807, 2.05) is 4.98 Å². The van der Waals surface area contributed by atoms with E-state index >= 15 is 0 Å². The molecule has 21 heteroatoms. The van der Waals surface area contributed by atoms with E-state index in [9.17, 15) is 47.7 Å². The number of aromatic nitrogens is 2. The Morgan fingerprint density at radius 3 is 2.32 bits per heavy atom. The summed E-state index contributed by atoms with van der Waals surface area (Å²) in [5.41, 5.74) is -7.20. The van der Waals surface area contributed by atoms with Crippen LogP contribution in [0.3, 0.4) is 0 Å². The van der Waals surface area contributed by atoms with Crippen molar-refractivity contribution < 1.29 is 65.8 Å². The highest BCUT2D eigenvalue weighted by molar-refractivity contribution is 7.66. The van der Waals surface area contributed by atoms with Gasteiger partial charge in [0.1, 0.15) is 18.4 Å². The SMILES string of the molecule is C=CC[C@]1(O)C(n2ccc(=O)[nH]c2=O)O[C@](CF)(COP(=O)(O)OP(=O)(O)OP(=O)(O)O)[C@H]1O. The van der Waals surface area contributed by atoms with Gasteiger partial charge in [0, 0.05) is 18.7 Å². The molecule has 1 aromatic rings. The number of H-pyrrole nitrogens is 1. The number of aliphatic hydroxyl groups excluding tert-OH is 1. The molecule has 0 radical (unpaired) electrons. The number of phosphoric acid groups is 3. The molecule has 1 saturated heterocycles. The van der Waals surface area contributed by atoms with Crippen molar-refractivity contribution in [3.63, 3.8) is 0 Å². The summed E-state index contributed by atoms with van der Waals surface area (Å²) in [7, 11) is -17.3. The van der Waals surface area contributed by atoms with Gasteiger partial charge in [0.2, 0.25) is 0 Å². The molecule has 1 aromatic heterocycles. The minimum atomic E-state index is -5.89. The van der Waals surface area contributed by atoms with E-state index < -0.39 is 78.0 Å². The first kappa shape index (κ1) is 28.9. The lowest BCUT2D eigenvalue weighted by Gasteiger charge is -2.32. The number of hydrogen-bond acceptors (Lipinski definition) is 11. The summed E-state index contributed by atoms with van der Waals surface area (Å²) in [6, 6.07) is 0.840. The van der Waals surface area contributed by atoms with Gasteiger partial charge in [0.25, 0.3) is 5.56 Å². The van der Waals surface area contributed by atoms with Crippen LogP contribution >= 0.6 is 23.5 Å². The van der Waals surface area contributed by atoms with Crippen LogP contribution in [0.5, 0.6) is 0 Å². The quantitative estimate of drug-likeness (QED) is 0.124. The van der Waals surface area contributed by atoms with Gasteiger partial charge in [0.15, 0.2) is 11.8 Å². The second kappa shape index (κ2) is 9.95. The maximum absolute atomic E-state index is 14.1. The van der Waals surface area contributed by atoms with Crippen molar-refractivity contribution in [1.29, 1.82) is 0 Å². The van der Waals surface area contributed by atoms with Crippen LogP contribution in [-0.4, -0.2) is 69.9 Å². The van der Waals surface area contributed by atoms with Crippen LogP contribution < -0.4 is 11.2 Å². The molecular formula is C13H20FN2O15P3. The van der Waals surface area contributed by atoms with Gasteiger partial charge in [-0.3, -0.25) is 18.9 Å². The summed E-state index contributed by atoms with van der Waals surface area (Å²) in [6.07, 6.45) is -2.85. The zero-order valence-corrected chi connectivity index (χ0v) is 19.4. The molecule has 1 fully saturated rings. The summed E-state index contributed by atoms with van der Waals surface area (Å²) in [4.78, 5) is 61.2. The second-order valence-corrected chi connectivity index (χ2v) is 11.4. The van der Waals surface area contributed by atoms with E-state index in [4.69, 9.17) is 14.5 Å². The Morgan fingerprint density at radius 2 is 1.82 bits per heavy atom. The number of alkyl halides is 1. The first-order chi connectivity index (χ1) is 15.4. The van der Waals surface area contributed by atoms with Crippen LogP contribution in [-0.2, 0) is 31.6 Å². The standard InChI is InChI=1S/C13H20FN2O15P3/c1-2-4-13(20)9(18)12(6-14,29-10(13)16-5-3-8(17)15-11(16)19)7-28-33(24,25)31-34(26,27)30-32(21,22)23/h2-3,5,9-10,18,20H,1,4,6-7H2,(H,24,25)(H,26,27)(H,15,17,19)(H2,21,22,23)/t9-,10?,12-,13-/m1/s1. The van der Waals surface area contributed by atoms with E-state index in [1.165, 1.54) is 0 Å². The average molecular weight is 556 g/mol. The predicted molar refractivity (Wildman–Crippen MR) is 106 cm³/mol. The van der Waals surface area contributed by atoms with Gasteiger partial charge in [-0.15, -0.1) is 6.58 Å². The number of aliphatic hydroxyl groups is 2. The minimum Gasteiger partial charge on any atom is -0.387 e. The number of ether oxygens (including phenoxy) is 1. The Labute approximate surface area is 188 Å². The van der Waals surface area contributed by atoms with Crippen molar-refractivity contribution >= 4 is 23.5 Å². The maximum atomic E-state index is 14.1. The molecule has 3 unspecified atom stereocenters. The topological polar surface area (TPSA) is 264 Å². The molecule has 0 aromatic carbocycles. The van der Waals surface area contributed by atoms with Crippen molar-refractivity contribution in [2.24, 2.45) is 0 Å². The van der Waals surface area contributed by atoms with E-state index in [2.05, 4.69) is 19.7 Å². The highest BCUT2D eigenvalue weighted by Crippen LogP contribution is 2.66. The van der Waals surface area contributed by atoms with E-state index in [-0.39, 0.29) is 0 Å². The first-order valence-electron chi connectivity index (χ1n) is 8.75. The lowest BCUT2D eigenvalue weighted by molar-refractivity contribution is -0.138. The third kappa shape index (κ3) is 6.44. The monoisotopic (exact) mass is 556 g/mol. The normalized spacial score (nSPS) is 31.0. The number of phosphoric ester groups is 1. The molecule has 0 amide bonds. The molecule has 17 nitrogen and oxygen atoms in total. The zero-order valence-electron chi connectivity index (χ0n) is 16.7. The Balaban J connectivity index is 2.37. The maximum Gasteiger partial charge on any atom is 0.490 e. The minimum absolute atomic E-state index is 0.540. The third-order valence-electron chi connectivity index (χ3n) is 4.44. The number of aromatic amines is 1. The zero-order chi connectivity index (χ0) is 26.2. The van der Waals surface area contributed by atoms with Crippen LogP contribution in [0, 0.1) is 0 Å². The van der Waals surface area contributed by atoms with Crippen LogP contribution in [0.1, 0.15) is 12.6 Å². The fourth-order valence-corrected chi connectivity index (χ4v) is 6.16. The number of nitrogens with one attached hydrogen (secondary N) is 1. The molecular weight excluding hydrogens is 536 g/mol.